The van der Waals surface area contributed by atoms with Gasteiger partial charge in [0.05, 0.1) is 5.56 Å². The number of anilines is 1. The zero-order valence-corrected chi connectivity index (χ0v) is 10.4. The Bertz CT molecular complexity index is 638. The Morgan fingerprint density at radius 3 is 2.80 bits per heavy atom. The third-order valence-electron chi connectivity index (χ3n) is 2.60. The Morgan fingerprint density at radius 2 is 2.15 bits per heavy atom. The molecule has 20 heavy (non-hydrogen) atoms. The topological polar surface area (TPSA) is 131 Å². The number of carbonyl (C=O) groups is 2. The van der Waals surface area contributed by atoms with Crippen molar-refractivity contribution in [2.75, 3.05) is 12.3 Å². The van der Waals surface area contributed by atoms with Gasteiger partial charge in [-0.2, -0.15) is 0 Å². The molecule has 0 aliphatic heterocycles. The van der Waals surface area contributed by atoms with Crippen LogP contribution in [0.25, 0.3) is 0 Å². The minimum Gasteiger partial charge on any atom is -0.478 e. The molecule has 8 heteroatoms. The average Bonchev–Trinajstić information content (AvgIpc) is 2.85. The highest BCUT2D eigenvalue weighted by Gasteiger charge is 2.15. The lowest BCUT2D eigenvalue weighted by atomic mass is 10.1. The minimum absolute atomic E-state index is 0.0655. The maximum atomic E-state index is 11.6. The summed E-state index contributed by atoms with van der Waals surface area (Å²) in [5.74, 6) is -1.55. The number of aromatic nitrogens is 2. The molecule has 0 saturated heterocycles. The van der Waals surface area contributed by atoms with Gasteiger partial charge in [0.15, 0.2) is 0 Å². The van der Waals surface area contributed by atoms with Crippen molar-refractivity contribution in [2.45, 2.75) is 6.42 Å². The molecule has 0 fully saturated rings. The third kappa shape index (κ3) is 3.10. The molecule has 1 aromatic carbocycles. The summed E-state index contributed by atoms with van der Waals surface area (Å²) in [6, 6.07) is 6.50. The predicted octanol–water partition coefficient (Wildman–Crippen LogP) is 0.322. The average molecular weight is 276 g/mol. The molecule has 104 valence electrons. The lowest BCUT2D eigenvalue weighted by Gasteiger charge is -2.04. The molecule has 0 spiro atoms. The van der Waals surface area contributed by atoms with Crippen LogP contribution in [0.3, 0.4) is 0 Å². The second-order valence-corrected chi connectivity index (χ2v) is 4.01. The number of rotatable bonds is 5. The number of nitrogens with one attached hydrogen (secondary N) is 1. The number of nitrogens with zero attached hydrogens (tertiary/aromatic N) is 2. The van der Waals surface area contributed by atoms with E-state index in [9.17, 15) is 9.59 Å². The molecule has 0 aliphatic rings. The van der Waals surface area contributed by atoms with Gasteiger partial charge in [-0.3, -0.25) is 4.79 Å². The summed E-state index contributed by atoms with van der Waals surface area (Å²) >= 11 is 0. The number of nitrogen functional groups attached to an aromatic ring is 1. The van der Waals surface area contributed by atoms with Crippen LogP contribution in [0, 0.1) is 0 Å². The normalized spacial score (nSPS) is 10.2. The Hall–Kier alpha value is -2.90. The van der Waals surface area contributed by atoms with E-state index in [2.05, 4.69) is 20.3 Å². The van der Waals surface area contributed by atoms with E-state index in [4.69, 9.17) is 10.8 Å². The van der Waals surface area contributed by atoms with Crippen LogP contribution in [0.4, 0.5) is 5.82 Å². The third-order valence-corrected chi connectivity index (χ3v) is 2.60. The fourth-order valence-electron chi connectivity index (χ4n) is 1.62. The highest BCUT2D eigenvalue weighted by Crippen LogP contribution is 2.06. The fourth-order valence-corrected chi connectivity index (χ4v) is 1.62. The first-order valence-corrected chi connectivity index (χ1v) is 5.76. The molecule has 0 radical (unpaired) electrons. The number of carbonyl (C=O) groups excluding carboxylic acids is 1. The zero-order valence-electron chi connectivity index (χ0n) is 10.4. The van der Waals surface area contributed by atoms with E-state index in [0.29, 0.717) is 13.0 Å². The van der Waals surface area contributed by atoms with E-state index in [1.54, 1.807) is 18.2 Å². The van der Waals surface area contributed by atoms with Crippen molar-refractivity contribution in [3.8, 4) is 0 Å². The number of aromatic carboxylic acids is 1. The maximum Gasteiger partial charge on any atom is 0.335 e. The molecule has 2 aromatic rings. The summed E-state index contributed by atoms with van der Waals surface area (Å²) in [6.07, 6.45) is 0.484. The molecule has 1 heterocycles. The van der Waals surface area contributed by atoms with Crippen LogP contribution in [0.2, 0.25) is 0 Å². The van der Waals surface area contributed by atoms with Gasteiger partial charge in [-0.05, 0) is 34.4 Å². The SMILES string of the molecule is Nc1nonc1C(=O)NCCc1cccc(C(=O)O)c1. The molecule has 0 saturated carbocycles. The van der Waals surface area contributed by atoms with Crippen LogP contribution < -0.4 is 11.1 Å². The lowest BCUT2D eigenvalue weighted by molar-refractivity contribution is 0.0696. The molecule has 4 N–H and O–H groups in total. The van der Waals surface area contributed by atoms with E-state index in [1.807, 2.05) is 0 Å². The summed E-state index contributed by atoms with van der Waals surface area (Å²) < 4.78 is 4.32. The second-order valence-electron chi connectivity index (χ2n) is 4.01. The van der Waals surface area contributed by atoms with Gasteiger partial charge in [0.1, 0.15) is 0 Å². The molecular formula is C12H12N4O4. The quantitative estimate of drug-likeness (QED) is 0.716. The van der Waals surface area contributed by atoms with Gasteiger partial charge in [0, 0.05) is 6.54 Å². The smallest absolute Gasteiger partial charge is 0.335 e. The number of amides is 1. The summed E-state index contributed by atoms with van der Waals surface area (Å²) in [4.78, 5) is 22.5. The Kier molecular flexibility index (Phi) is 3.94. The summed E-state index contributed by atoms with van der Waals surface area (Å²) in [7, 11) is 0. The van der Waals surface area contributed by atoms with Crippen LogP contribution in [-0.4, -0.2) is 33.8 Å². The first-order valence-electron chi connectivity index (χ1n) is 5.76. The Balaban J connectivity index is 1.90. The van der Waals surface area contributed by atoms with Gasteiger partial charge in [0.2, 0.25) is 11.5 Å². The van der Waals surface area contributed by atoms with Crippen molar-refractivity contribution in [1.82, 2.24) is 15.6 Å². The van der Waals surface area contributed by atoms with E-state index < -0.39 is 11.9 Å². The van der Waals surface area contributed by atoms with E-state index in [-0.39, 0.29) is 17.1 Å². The fraction of sp³-hybridized carbons (Fsp3) is 0.167. The summed E-state index contributed by atoms with van der Waals surface area (Å²) in [5.41, 5.74) is 6.33. The van der Waals surface area contributed by atoms with Crippen molar-refractivity contribution in [2.24, 2.45) is 0 Å². The van der Waals surface area contributed by atoms with Crippen LogP contribution in [0.15, 0.2) is 28.9 Å². The van der Waals surface area contributed by atoms with Crippen LogP contribution in [-0.2, 0) is 6.42 Å². The van der Waals surface area contributed by atoms with Crippen molar-refractivity contribution in [3.05, 3.63) is 41.1 Å². The monoisotopic (exact) mass is 276 g/mol. The highest BCUT2D eigenvalue weighted by molar-refractivity contribution is 5.95. The number of benzene rings is 1. The van der Waals surface area contributed by atoms with Crippen LogP contribution in [0.1, 0.15) is 26.4 Å². The molecule has 0 bridgehead atoms. The number of carboxylic acid groups (broad SMARTS) is 1. The molecule has 8 nitrogen and oxygen atoms in total. The van der Waals surface area contributed by atoms with E-state index in [1.165, 1.54) is 6.07 Å². The number of carboxylic acids is 1. The number of hydrogen-bond donors (Lipinski definition) is 3. The maximum absolute atomic E-state index is 11.6. The number of nitrogens with two attached hydrogens (primary N) is 1. The van der Waals surface area contributed by atoms with Crippen molar-refractivity contribution in [3.63, 3.8) is 0 Å². The van der Waals surface area contributed by atoms with E-state index >= 15 is 0 Å². The van der Waals surface area contributed by atoms with Crippen molar-refractivity contribution >= 4 is 17.7 Å². The molecule has 0 aliphatic carbocycles. The largest absolute Gasteiger partial charge is 0.478 e. The summed E-state index contributed by atoms with van der Waals surface area (Å²) in [5, 5.41) is 18.1. The van der Waals surface area contributed by atoms with Crippen LogP contribution >= 0.6 is 0 Å². The zero-order chi connectivity index (χ0) is 14.5. The van der Waals surface area contributed by atoms with Crippen molar-refractivity contribution in [1.29, 1.82) is 0 Å². The Labute approximate surface area is 113 Å². The van der Waals surface area contributed by atoms with Crippen LogP contribution in [0.5, 0.6) is 0 Å². The molecule has 0 atom stereocenters. The van der Waals surface area contributed by atoms with Gasteiger partial charge in [-0.25, -0.2) is 9.42 Å². The lowest BCUT2D eigenvalue weighted by Crippen LogP contribution is -2.26. The van der Waals surface area contributed by atoms with Gasteiger partial charge < -0.3 is 16.2 Å². The van der Waals surface area contributed by atoms with Gasteiger partial charge in [-0.15, -0.1) is 0 Å². The minimum atomic E-state index is -0.989. The van der Waals surface area contributed by atoms with Gasteiger partial charge in [-0.1, -0.05) is 12.1 Å². The number of hydrogen-bond acceptors (Lipinski definition) is 6. The predicted molar refractivity (Wildman–Crippen MR) is 68.1 cm³/mol. The van der Waals surface area contributed by atoms with E-state index in [0.717, 1.165) is 5.56 Å². The first kappa shape index (κ1) is 13.5. The first-order chi connectivity index (χ1) is 9.58. The summed E-state index contributed by atoms with van der Waals surface area (Å²) in [6.45, 7) is 0.314. The molecule has 1 amide bonds. The second kappa shape index (κ2) is 5.83. The van der Waals surface area contributed by atoms with Gasteiger partial charge in [0.25, 0.3) is 5.91 Å². The molecule has 1 aromatic heterocycles. The highest BCUT2D eigenvalue weighted by atomic mass is 16.6. The van der Waals surface area contributed by atoms with Crippen molar-refractivity contribution < 1.29 is 19.3 Å². The van der Waals surface area contributed by atoms with Gasteiger partial charge >= 0.3 is 5.97 Å². The standard InChI is InChI=1S/C12H12N4O4/c13-10-9(15-20-16-10)11(17)14-5-4-7-2-1-3-8(6-7)12(18)19/h1-3,6H,4-5H2,(H2,13,16)(H,14,17)(H,18,19). The molecule has 2 rings (SSSR count). The molecular weight excluding hydrogens is 264 g/mol. The Morgan fingerprint density at radius 1 is 1.35 bits per heavy atom. The molecule has 0 unspecified atom stereocenters.